The molecule has 1 aromatic heterocycles. The van der Waals surface area contributed by atoms with Crippen molar-refractivity contribution in [2.75, 3.05) is 26.2 Å². The normalized spacial score (nSPS) is 21.1. The van der Waals surface area contributed by atoms with Gasteiger partial charge >= 0.3 is 0 Å². The molecule has 2 aliphatic heterocycles. The fraction of sp³-hybridized carbons (Fsp3) is 0.417. The number of ether oxygens (including phenoxy) is 1. The third kappa shape index (κ3) is 4.34. The summed E-state index contributed by atoms with van der Waals surface area (Å²) in [5.41, 5.74) is 2.12. The van der Waals surface area contributed by atoms with Crippen molar-refractivity contribution >= 4 is 11.5 Å². The third-order valence-electron chi connectivity index (χ3n) is 6.11. The van der Waals surface area contributed by atoms with Crippen LogP contribution in [-0.2, 0) is 0 Å². The summed E-state index contributed by atoms with van der Waals surface area (Å²) < 4.78 is 20.4. The van der Waals surface area contributed by atoms with Crippen molar-refractivity contribution in [2.45, 2.75) is 38.7 Å². The Morgan fingerprint density at radius 3 is 2.74 bits per heavy atom. The molecule has 1 fully saturated rings. The van der Waals surface area contributed by atoms with E-state index in [1.165, 1.54) is 17.2 Å². The molecule has 1 aromatic carbocycles. The van der Waals surface area contributed by atoms with E-state index in [-0.39, 0.29) is 11.7 Å². The summed E-state index contributed by atoms with van der Waals surface area (Å²) in [4.78, 5) is 18.7. The highest BCUT2D eigenvalue weighted by atomic mass is 19.1. The van der Waals surface area contributed by atoms with Gasteiger partial charge in [0.25, 0.3) is 5.91 Å². The molecule has 1 atom stereocenters. The standard InChI is InChI=1S/C24H28FN3O3/c1-3-27(4-2)23(29)21-8-6-17(16-26-21)20-15-24(10-5-12-28(30)13-11-24)31-22-9-7-18(25)14-19(20)22/h6-9,14-16,30H,3-5,10-13H2,1-2H3. The number of hydrogen-bond acceptors (Lipinski definition) is 5. The van der Waals surface area contributed by atoms with Crippen LogP contribution in [0, 0.1) is 5.82 Å². The van der Waals surface area contributed by atoms with E-state index in [1.807, 2.05) is 26.0 Å². The van der Waals surface area contributed by atoms with Gasteiger partial charge in [0.1, 0.15) is 22.9 Å². The monoisotopic (exact) mass is 425 g/mol. The number of aromatic nitrogens is 1. The highest BCUT2D eigenvalue weighted by Crippen LogP contribution is 2.43. The molecular formula is C24H28FN3O3. The number of nitrogens with zero attached hydrogens (tertiary/aromatic N) is 3. The summed E-state index contributed by atoms with van der Waals surface area (Å²) in [5.74, 6) is 0.175. The van der Waals surface area contributed by atoms with Crippen molar-refractivity contribution in [3.8, 4) is 5.75 Å². The second-order valence-electron chi connectivity index (χ2n) is 8.08. The Kier molecular flexibility index (Phi) is 6.07. The number of carbonyl (C=O) groups is 1. The lowest BCUT2D eigenvalue weighted by molar-refractivity contribution is -0.0902. The summed E-state index contributed by atoms with van der Waals surface area (Å²) in [6.45, 7) is 6.21. The molecule has 2 aliphatic rings. The molecule has 1 N–H and O–H groups in total. The van der Waals surface area contributed by atoms with Crippen LogP contribution in [0.4, 0.5) is 4.39 Å². The van der Waals surface area contributed by atoms with Crippen LogP contribution < -0.4 is 4.74 Å². The van der Waals surface area contributed by atoms with Crippen molar-refractivity contribution in [1.82, 2.24) is 14.9 Å². The Hall–Kier alpha value is -2.77. The number of rotatable bonds is 4. The maximum absolute atomic E-state index is 14.1. The molecule has 31 heavy (non-hydrogen) atoms. The first-order valence-corrected chi connectivity index (χ1v) is 10.9. The quantitative estimate of drug-likeness (QED) is 0.798. The number of hydrogen-bond donors (Lipinski definition) is 1. The highest BCUT2D eigenvalue weighted by Gasteiger charge is 2.37. The second kappa shape index (κ2) is 8.77. The minimum Gasteiger partial charge on any atom is -0.482 e. The Bertz CT molecular complexity index is 988. The van der Waals surface area contributed by atoms with E-state index < -0.39 is 5.60 Å². The van der Waals surface area contributed by atoms with E-state index in [9.17, 15) is 14.4 Å². The first kappa shape index (κ1) is 21.5. The van der Waals surface area contributed by atoms with Crippen LogP contribution in [0.5, 0.6) is 5.75 Å². The number of halogens is 1. The average molecular weight is 426 g/mol. The smallest absolute Gasteiger partial charge is 0.272 e. The Morgan fingerprint density at radius 2 is 2.03 bits per heavy atom. The fourth-order valence-corrected chi connectivity index (χ4v) is 4.34. The molecule has 6 nitrogen and oxygen atoms in total. The lowest BCUT2D eigenvalue weighted by Crippen LogP contribution is -2.37. The molecule has 0 saturated carbocycles. The number of benzene rings is 1. The van der Waals surface area contributed by atoms with Crippen LogP contribution in [0.1, 0.15) is 54.7 Å². The Balaban J connectivity index is 1.73. The Morgan fingerprint density at radius 1 is 1.23 bits per heavy atom. The van der Waals surface area contributed by atoms with Gasteiger partial charge < -0.3 is 14.8 Å². The maximum Gasteiger partial charge on any atom is 0.272 e. The maximum atomic E-state index is 14.1. The van der Waals surface area contributed by atoms with Gasteiger partial charge in [-0.3, -0.25) is 9.78 Å². The van der Waals surface area contributed by atoms with Gasteiger partial charge in [-0.2, -0.15) is 5.06 Å². The molecule has 3 heterocycles. The number of fused-ring (bicyclic) bond motifs is 1. The summed E-state index contributed by atoms with van der Waals surface area (Å²) in [6, 6.07) is 8.11. The molecule has 0 radical (unpaired) electrons. The topological polar surface area (TPSA) is 65.9 Å². The van der Waals surface area contributed by atoms with Gasteiger partial charge in [0.2, 0.25) is 0 Å². The van der Waals surface area contributed by atoms with E-state index in [4.69, 9.17) is 4.74 Å². The van der Waals surface area contributed by atoms with Gasteiger partial charge in [-0.05, 0) is 62.6 Å². The van der Waals surface area contributed by atoms with E-state index >= 15 is 0 Å². The molecule has 1 amide bonds. The first-order chi connectivity index (χ1) is 14.9. The summed E-state index contributed by atoms with van der Waals surface area (Å²) in [7, 11) is 0. The van der Waals surface area contributed by atoms with Crippen molar-refractivity contribution in [2.24, 2.45) is 0 Å². The van der Waals surface area contributed by atoms with Crippen molar-refractivity contribution in [3.63, 3.8) is 0 Å². The third-order valence-corrected chi connectivity index (χ3v) is 6.11. The van der Waals surface area contributed by atoms with Crippen molar-refractivity contribution in [3.05, 3.63) is 65.2 Å². The average Bonchev–Trinajstić information content (AvgIpc) is 2.96. The molecule has 1 saturated heterocycles. The largest absolute Gasteiger partial charge is 0.482 e. The van der Waals surface area contributed by atoms with Crippen molar-refractivity contribution < 1.29 is 19.1 Å². The zero-order valence-electron chi connectivity index (χ0n) is 18.0. The first-order valence-electron chi connectivity index (χ1n) is 10.9. The SMILES string of the molecule is CCN(CC)C(=O)c1ccc(C2=CC3(CCCN(O)CC3)Oc3ccc(F)cc32)cn1. The minimum atomic E-state index is -0.576. The van der Waals surface area contributed by atoms with Gasteiger partial charge in [0.05, 0.1) is 0 Å². The fourth-order valence-electron chi connectivity index (χ4n) is 4.34. The zero-order valence-corrected chi connectivity index (χ0v) is 18.0. The Labute approximate surface area is 181 Å². The van der Waals surface area contributed by atoms with Crippen LogP contribution in [0.2, 0.25) is 0 Å². The second-order valence-corrected chi connectivity index (χ2v) is 8.08. The zero-order chi connectivity index (χ0) is 22.0. The van der Waals surface area contributed by atoms with E-state index in [0.717, 1.165) is 24.0 Å². The molecule has 2 aromatic rings. The van der Waals surface area contributed by atoms with Crippen LogP contribution in [0.3, 0.4) is 0 Å². The van der Waals surface area contributed by atoms with Gasteiger partial charge in [0.15, 0.2) is 0 Å². The molecular weight excluding hydrogens is 397 g/mol. The van der Waals surface area contributed by atoms with Gasteiger partial charge in [-0.15, -0.1) is 0 Å². The van der Waals surface area contributed by atoms with Gasteiger partial charge in [0, 0.05) is 49.9 Å². The molecule has 1 spiro atoms. The van der Waals surface area contributed by atoms with E-state index in [2.05, 4.69) is 4.98 Å². The molecule has 0 bridgehead atoms. The number of amides is 1. The van der Waals surface area contributed by atoms with Crippen LogP contribution in [0.15, 0.2) is 42.6 Å². The summed E-state index contributed by atoms with van der Waals surface area (Å²) in [6.07, 6.45) is 5.86. The minimum absolute atomic E-state index is 0.104. The predicted molar refractivity (Wildman–Crippen MR) is 116 cm³/mol. The van der Waals surface area contributed by atoms with Crippen LogP contribution in [-0.4, -0.2) is 57.8 Å². The van der Waals surface area contributed by atoms with E-state index in [1.54, 1.807) is 23.2 Å². The summed E-state index contributed by atoms with van der Waals surface area (Å²) >= 11 is 0. The molecule has 1 unspecified atom stereocenters. The highest BCUT2D eigenvalue weighted by molar-refractivity contribution is 5.93. The van der Waals surface area contributed by atoms with E-state index in [0.29, 0.717) is 49.6 Å². The lowest BCUT2D eigenvalue weighted by Gasteiger charge is -2.36. The van der Waals surface area contributed by atoms with Crippen LogP contribution in [0.25, 0.3) is 5.57 Å². The number of pyridine rings is 1. The molecule has 4 rings (SSSR count). The van der Waals surface area contributed by atoms with Crippen LogP contribution >= 0.6 is 0 Å². The number of carbonyl (C=O) groups excluding carboxylic acids is 1. The van der Waals surface area contributed by atoms with Crippen molar-refractivity contribution in [1.29, 1.82) is 0 Å². The lowest BCUT2D eigenvalue weighted by atomic mass is 9.84. The number of hydroxylamine groups is 2. The molecule has 7 heteroatoms. The van der Waals surface area contributed by atoms with Gasteiger partial charge in [-0.1, -0.05) is 6.07 Å². The van der Waals surface area contributed by atoms with Gasteiger partial charge in [-0.25, -0.2) is 4.39 Å². The molecule has 164 valence electrons. The predicted octanol–water partition coefficient (Wildman–Crippen LogP) is 4.14. The summed E-state index contributed by atoms with van der Waals surface area (Å²) in [5, 5.41) is 11.3. The molecule has 0 aliphatic carbocycles.